The van der Waals surface area contributed by atoms with Crippen molar-refractivity contribution in [3.05, 3.63) is 71.3 Å². The van der Waals surface area contributed by atoms with E-state index in [1.807, 2.05) is 30.3 Å². The molecule has 0 atom stereocenters. The van der Waals surface area contributed by atoms with E-state index in [2.05, 4.69) is 16.0 Å². The van der Waals surface area contributed by atoms with Crippen LogP contribution in [0.5, 0.6) is 0 Å². The van der Waals surface area contributed by atoms with Gasteiger partial charge in [-0.3, -0.25) is 9.59 Å². The van der Waals surface area contributed by atoms with E-state index in [-0.39, 0.29) is 23.9 Å². The van der Waals surface area contributed by atoms with E-state index in [1.165, 1.54) is 0 Å². The number of carbonyl (C=O) groups excluding carboxylic acids is 3. The van der Waals surface area contributed by atoms with E-state index in [9.17, 15) is 14.4 Å². The van der Waals surface area contributed by atoms with Gasteiger partial charge < -0.3 is 21.7 Å². The van der Waals surface area contributed by atoms with Crippen molar-refractivity contribution in [2.75, 3.05) is 0 Å². The fourth-order valence-electron chi connectivity index (χ4n) is 3.08. The summed E-state index contributed by atoms with van der Waals surface area (Å²) in [5, 5.41) is 8.58. The van der Waals surface area contributed by atoms with Gasteiger partial charge in [0.2, 0.25) is 11.8 Å². The molecule has 2 aromatic carbocycles. The number of nitrogens with one attached hydrogen (secondary N) is 3. The fraction of sp³-hybridized carbons (Fsp3) is 0.286. The SMILES string of the molecule is NC(=O)c1ccc(CNC(=O)N[C@H]2C[C@H](C(=O)NCc3ccccc3)C2)cc1. The van der Waals surface area contributed by atoms with Gasteiger partial charge in [0.1, 0.15) is 0 Å². The minimum absolute atomic E-state index is 0.00436. The summed E-state index contributed by atoms with van der Waals surface area (Å²) in [6.07, 6.45) is 1.28. The van der Waals surface area contributed by atoms with Gasteiger partial charge in [-0.15, -0.1) is 0 Å². The lowest BCUT2D eigenvalue weighted by Gasteiger charge is -2.34. The minimum Gasteiger partial charge on any atom is -0.366 e. The molecule has 7 heteroatoms. The van der Waals surface area contributed by atoms with Gasteiger partial charge in [0.05, 0.1) is 0 Å². The molecule has 0 heterocycles. The van der Waals surface area contributed by atoms with Crippen molar-refractivity contribution in [2.45, 2.75) is 32.0 Å². The lowest BCUT2D eigenvalue weighted by molar-refractivity contribution is -0.128. The van der Waals surface area contributed by atoms with Crippen LogP contribution in [0.3, 0.4) is 0 Å². The van der Waals surface area contributed by atoms with Crippen molar-refractivity contribution in [3.63, 3.8) is 0 Å². The number of primary amides is 1. The summed E-state index contributed by atoms with van der Waals surface area (Å²) in [5.74, 6) is -0.517. The quantitative estimate of drug-likeness (QED) is 0.586. The van der Waals surface area contributed by atoms with Crippen LogP contribution in [0, 0.1) is 5.92 Å². The summed E-state index contributed by atoms with van der Waals surface area (Å²) in [5.41, 5.74) is 7.56. The lowest BCUT2D eigenvalue weighted by atomic mass is 9.79. The Balaban J connectivity index is 1.33. The van der Waals surface area contributed by atoms with E-state index < -0.39 is 5.91 Å². The van der Waals surface area contributed by atoms with Crippen molar-refractivity contribution in [2.24, 2.45) is 11.7 Å². The van der Waals surface area contributed by atoms with Crippen LogP contribution in [0.15, 0.2) is 54.6 Å². The van der Waals surface area contributed by atoms with Gasteiger partial charge in [-0.25, -0.2) is 4.79 Å². The molecule has 0 spiro atoms. The summed E-state index contributed by atoms with van der Waals surface area (Å²) < 4.78 is 0. The maximum absolute atomic E-state index is 12.1. The highest BCUT2D eigenvalue weighted by Gasteiger charge is 2.35. The Hall–Kier alpha value is -3.35. The molecule has 0 radical (unpaired) electrons. The van der Waals surface area contributed by atoms with Gasteiger partial charge in [0, 0.05) is 30.6 Å². The number of hydrogen-bond donors (Lipinski definition) is 4. The van der Waals surface area contributed by atoms with Crippen LogP contribution in [-0.2, 0) is 17.9 Å². The maximum atomic E-state index is 12.1. The molecule has 7 nitrogen and oxygen atoms in total. The highest BCUT2D eigenvalue weighted by atomic mass is 16.2. The Kier molecular flexibility index (Phi) is 6.26. The molecule has 0 unspecified atom stereocenters. The topological polar surface area (TPSA) is 113 Å². The van der Waals surface area contributed by atoms with Crippen LogP contribution >= 0.6 is 0 Å². The maximum Gasteiger partial charge on any atom is 0.315 e. The molecular weight excluding hydrogens is 356 g/mol. The molecule has 1 aliphatic rings. The summed E-state index contributed by atoms with van der Waals surface area (Å²) in [6.45, 7) is 0.863. The first-order valence-electron chi connectivity index (χ1n) is 9.26. The Morgan fingerprint density at radius 2 is 1.46 bits per heavy atom. The van der Waals surface area contributed by atoms with Gasteiger partial charge in [-0.05, 0) is 36.1 Å². The molecule has 1 fully saturated rings. The predicted molar refractivity (Wildman–Crippen MR) is 105 cm³/mol. The van der Waals surface area contributed by atoms with E-state index in [0.717, 1.165) is 11.1 Å². The van der Waals surface area contributed by atoms with Gasteiger partial charge in [-0.1, -0.05) is 42.5 Å². The molecule has 0 bridgehead atoms. The summed E-state index contributed by atoms with van der Waals surface area (Å²) >= 11 is 0. The van der Waals surface area contributed by atoms with E-state index in [4.69, 9.17) is 5.73 Å². The van der Waals surface area contributed by atoms with Crippen LogP contribution < -0.4 is 21.7 Å². The molecule has 0 saturated heterocycles. The highest BCUT2D eigenvalue weighted by Crippen LogP contribution is 2.27. The summed E-state index contributed by atoms with van der Waals surface area (Å²) in [7, 11) is 0. The number of rotatable bonds is 7. The number of hydrogen-bond acceptors (Lipinski definition) is 3. The average Bonchev–Trinajstić information content (AvgIpc) is 2.68. The molecule has 5 N–H and O–H groups in total. The first kappa shape index (κ1) is 19.4. The molecule has 1 saturated carbocycles. The molecule has 146 valence electrons. The Labute approximate surface area is 163 Å². The van der Waals surface area contributed by atoms with Gasteiger partial charge in [0.15, 0.2) is 0 Å². The van der Waals surface area contributed by atoms with Crippen molar-refractivity contribution in [1.82, 2.24) is 16.0 Å². The minimum atomic E-state index is -0.482. The molecule has 3 rings (SSSR count). The third kappa shape index (κ3) is 5.33. The molecule has 0 aliphatic heterocycles. The number of carbonyl (C=O) groups is 3. The third-order valence-corrected chi connectivity index (χ3v) is 4.85. The molecule has 0 aromatic heterocycles. The van der Waals surface area contributed by atoms with Crippen molar-refractivity contribution in [3.8, 4) is 0 Å². The fourth-order valence-corrected chi connectivity index (χ4v) is 3.08. The Morgan fingerprint density at radius 3 is 2.11 bits per heavy atom. The normalized spacial score (nSPS) is 17.9. The van der Waals surface area contributed by atoms with Crippen LogP contribution in [0.25, 0.3) is 0 Å². The van der Waals surface area contributed by atoms with E-state index in [1.54, 1.807) is 24.3 Å². The van der Waals surface area contributed by atoms with Gasteiger partial charge in [-0.2, -0.15) is 0 Å². The monoisotopic (exact) mass is 380 g/mol. The summed E-state index contributed by atoms with van der Waals surface area (Å²) in [4.78, 5) is 35.2. The van der Waals surface area contributed by atoms with E-state index in [0.29, 0.717) is 31.5 Å². The average molecular weight is 380 g/mol. The smallest absolute Gasteiger partial charge is 0.315 e. The van der Waals surface area contributed by atoms with Crippen LogP contribution in [0.4, 0.5) is 4.79 Å². The Morgan fingerprint density at radius 1 is 0.857 bits per heavy atom. The molecule has 28 heavy (non-hydrogen) atoms. The molecule has 1 aliphatic carbocycles. The molecular formula is C21H24N4O3. The zero-order chi connectivity index (χ0) is 19.9. The number of benzene rings is 2. The second-order valence-electron chi connectivity index (χ2n) is 6.96. The van der Waals surface area contributed by atoms with Crippen molar-refractivity contribution in [1.29, 1.82) is 0 Å². The van der Waals surface area contributed by atoms with Crippen LogP contribution in [-0.4, -0.2) is 23.9 Å². The number of nitrogens with two attached hydrogens (primary N) is 1. The first-order valence-corrected chi connectivity index (χ1v) is 9.26. The number of urea groups is 1. The largest absolute Gasteiger partial charge is 0.366 e. The molecule has 2 aromatic rings. The van der Waals surface area contributed by atoms with E-state index >= 15 is 0 Å². The van der Waals surface area contributed by atoms with Gasteiger partial charge >= 0.3 is 6.03 Å². The standard InChI is InChI=1S/C21H24N4O3/c22-19(26)16-8-6-15(7-9-16)13-24-21(28)25-18-10-17(11-18)20(27)23-12-14-4-2-1-3-5-14/h1-9,17-18H,10-13H2,(H2,22,26)(H,23,27)(H2,24,25,28)/t17-,18-. The first-order chi connectivity index (χ1) is 13.5. The lowest BCUT2D eigenvalue weighted by Crippen LogP contribution is -2.51. The van der Waals surface area contributed by atoms with Crippen molar-refractivity contribution >= 4 is 17.8 Å². The third-order valence-electron chi connectivity index (χ3n) is 4.85. The predicted octanol–water partition coefficient (Wildman–Crippen LogP) is 1.68. The van der Waals surface area contributed by atoms with Crippen LogP contribution in [0.1, 0.15) is 34.3 Å². The zero-order valence-electron chi connectivity index (χ0n) is 15.5. The highest BCUT2D eigenvalue weighted by molar-refractivity contribution is 5.92. The van der Waals surface area contributed by atoms with Crippen molar-refractivity contribution < 1.29 is 14.4 Å². The number of amides is 4. The second-order valence-corrected chi connectivity index (χ2v) is 6.96. The van der Waals surface area contributed by atoms with Crippen LogP contribution in [0.2, 0.25) is 0 Å². The Bertz CT molecular complexity index is 830. The molecule has 4 amide bonds. The zero-order valence-corrected chi connectivity index (χ0v) is 15.5. The van der Waals surface area contributed by atoms with Gasteiger partial charge in [0.25, 0.3) is 0 Å². The second kappa shape index (κ2) is 9.03. The summed E-state index contributed by atoms with van der Waals surface area (Å²) in [6, 6.07) is 16.2.